The summed E-state index contributed by atoms with van der Waals surface area (Å²) in [5, 5.41) is 3.41. The Balaban J connectivity index is 1.61. The van der Waals surface area contributed by atoms with E-state index in [0.717, 1.165) is 28.1 Å². The third-order valence-electron chi connectivity index (χ3n) is 6.33. The summed E-state index contributed by atoms with van der Waals surface area (Å²) in [4.78, 5) is 15.8. The van der Waals surface area contributed by atoms with Crippen molar-refractivity contribution in [3.63, 3.8) is 0 Å². The molecule has 0 bridgehead atoms. The number of amides is 2. The van der Waals surface area contributed by atoms with Crippen LogP contribution < -0.4 is 14.8 Å². The van der Waals surface area contributed by atoms with Gasteiger partial charge in [0.05, 0.1) is 43.2 Å². The predicted molar refractivity (Wildman–Crippen MR) is 138 cm³/mol. The lowest BCUT2D eigenvalue weighted by molar-refractivity contribution is 0.194. The van der Waals surface area contributed by atoms with Crippen LogP contribution in [0.2, 0.25) is 5.02 Å². The van der Waals surface area contributed by atoms with Gasteiger partial charge in [0.1, 0.15) is 11.5 Å². The molecule has 1 aromatic heterocycles. The predicted octanol–water partition coefficient (Wildman–Crippen LogP) is 6.59. The number of fused-ring (bicyclic) bond motifs is 3. The van der Waals surface area contributed by atoms with Gasteiger partial charge in [-0.15, -0.1) is 0 Å². The Bertz CT molecular complexity index is 1380. The lowest BCUT2D eigenvalue weighted by Crippen LogP contribution is -2.38. The fraction of sp³-hybridized carbons (Fsp3) is 0.179. The second-order valence-electron chi connectivity index (χ2n) is 8.49. The molecule has 1 aliphatic heterocycles. The Morgan fingerprint density at radius 3 is 2.46 bits per heavy atom. The molecule has 4 aromatic rings. The Kier molecular flexibility index (Phi) is 6.14. The van der Waals surface area contributed by atoms with Crippen molar-refractivity contribution < 1.29 is 14.3 Å². The monoisotopic (exact) mass is 487 g/mol. The maximum Gasteiger partial charge on any atom is 0.323 e. The van der Waals surface area contributed by atoms with Crippen LogP contribution in [0.1, 0.15) is 28.4 Å². The highest BCUT2D eigenvalue weighted by Crippen LogP contribution is 2.39. The molecule has 0 saturated carbocycles. The van der Waals surface area contributed by atoms with Crippen molar-refractivity contribution in [2.75, 3.05) is 19.5 Å². The first-order valence-corrected chi connectivity index (χ1v) is 11.7. The van der Waals surface area contributed by atoms with Gasteiger partial charge in [-0.2, -0.15) is 0 Å². The summed E-state index contributed by atoms with van der Waals surface area (Å²) in [6, 6.07) is 23.3. The standard InChI is InChI=1S/C28H26ClN3O3/c1-18-10-12-19(13-11-18)27-24-9-6-14-31(24)23-8-5-4-7-20(23)17-32(27)28(33)30-22-15-21(29)25(34-2)16-26(22)35-3/h4-16,27H,17H2,1-3H3,(H,30,33). The number of ether oxygens (including phenoxy) is 2. The number of nitrogens with one attached hydrogen (secondary N) is 1. The number of benzene rings is 3. The normalized spacial score (nSPS) is 14.5. The zero-order chi connectivity index (χ0) is 24.5. The van der Waals surface area contributed by atoms with Crippen LogP contribution in [0, 0.1) is 6.92 Å². The van der Waals surface area contributed by atoms with E-state index in [1.807, 2.05) is 29.3 Å². The van der Waals surface area contributed by atoms with Gasteiger partial charge in [-0.05, 0) is 42.3 Å². The van der Waals surface area contributed by atoms with E-state index in [-0.39, 0.29) is 12.1 Å². The van der Waals surface area contributed by atoms with Crippen LogP contribution in [0.4, 0.5) is 10.5 Å². The van der Waals surface area contributed by atoms with Gasteiger partial charge in [-0.1, -0.05) is 59.6 Å². The van der Waals surface area contributed by atoms with E-state index in [1.54, 1.807) is 19.2 Å². The maximum absolute atomic E-state index is 13.9. The van der Waals surface area contributed by atoms with Crippen molar-refractivity contribution in [2.24, 2.45) is 0 Å². The molecule has 6 nitrogen and oxygen atoms in total. The molecule has 35 heavy (non-hydrogen) atoms. The molecule has 0 spiro atoms. The molecule has 0 radical (unpaired) electrons. The van der Waals surface area contributed by atoms with Gasteiger partial charge >= 0.3 is 6.03 Å². The second-order valence-corrected chi connectivity index (χ2v) is 8.90. The van der Waals surface area contributed by atoms with Crippen LogP contribution in [0.3, 0.4) is 0 Å². The molecule has 5 rings (SSSR count). The number of nitrogens with zero attached hydrogens (tertiary/aromatic N) is 2. The lowest BCUT2D eigenvalue weighted by Gasteiger charge is -2.31. The number of anilines is 1. The molecule has 178 valence electrons. The van der Waals surface area contributed by atoms with Crippen LogP contribution in [-0.4, -0.2) is 29.7 Å². The number of aromatic nitrogens is 1. The highest BCUT2D eigenvalue weighted by atomic mass is 35.5. The SMILES string of the molecule is COc1cc(OC)c(NC(=O)N2Cc3ccccc3-n3cccc3C2c2ccc(C)cc2)cc1Cl. The topological polar surface area (TPSA) is 55.7 Å². The van der Waals surface area contributed by atoms with Crippen molar-refractivity contribution in [3.05, 3.63) is 106 Å². The largest absolute Gasteiger partial charge is 0.495 e. The Morgan fingerprint density at radius 2 is 1.71 bits per heavy atom. The molecule has 1 atom stereocenters. The number of hydrogen-bond donors (Lipinski definition) is 1. The summed E-state index contributed by atoms with van der Waals surface area (Å²) in [7, 11) is 3.08. The minimum Gasteiger partial charge on any atom is -0.495 e. The molecule has 0 saturated heterocycles. The van der Waals surface area contributed by atoms with Crippen LogP contribution in [0.25, 0.3) is 5.69 Å². The van der Waals surface area contributed by atoms with Crippen LogP contribution in [0.15, 0.2) is 79.0 Å². The van der Waals surface area contributed by atoms with E-state index < -0.39 is 0 Å². The number of methoxy groups -OCH3 is 2. The quantitative estimate of drug-likeness (QED) is 0.353. The molecule has 0 aliphatic carbocycles. The molecule has 1 N–H and O–H groups in total. The van der Waals surface area contributed by atoms with Crippen molar-refractivity contribution >= 4 is 23.3 Å². The van der Waals surface area contributed by atoms with E-state index in [4.69, 9.17) is 21.1 Å². The minimum atomic E-state index is -0.308. The summed E-state index contributed by atoms with van der Waals surface area (Å²) in [6.07, 6.45) is 2.04. The van der Waals surface area contributed by atoms with Crippen molar-refractivity contribution in [3.8, 4) is 17.2 Å². The molecule has 1 unspecified atom stereocenters. The van der Waals surface area contributed by atoms with Gasteiger partial charge < -0.3 is 24.3 Å². The number of aryl methyl sites for hydroxylation is 1. The summed E-state index contributed by atoms with van der Waals surface area (Å²) >= 11 is 6.36. The summed E-state index contributed by atoms with van der Waals surface area (Å²) in [6.45, 7) is 2.48. The zero-order valence-corrected chi connectivity index (χ0v) is 20.5. The molecule has 2 amide bonds. The van der Waals surface area contributed by atoms with Gasteiger partial charge in [0.25, 0.3) is 0 Å². The molecule has 0 fully saturated rings. The number of halogens is 1. The first kappa shape index (κ1) is 22.9. The fourth-order valence-corrected chi connectivity index (χ4v) is 4.82. The van der Waals surface area contributed by atoms with Gasteiger partial charge in [0.15, 0.2) is 0 Å². The van der Waals surface area contributed by atoms with E-state index in [1.165, 1.54) is 7.11 Å². The van der Waals surface area contributed by atoms with Crippen LogP contribution in [0.5, 0.6) is 11.5 Å². The average Bonchev–Trinajstić information content (AvgIpc) is 3.29. The number of rotatable bonds is 4. The smallest absolute Gasteiger partial charge is 0.323 e. The summed E-state index contributed by atoms with van der Waals surface area (Å²) < 4.78 is 13.0. The highest BCUT2D eigenvalue weighted by Gasteiger charge is 2.33. The van der Waals surface area contributed by atoms with E-state index in [9.17, 15) is 4.79 Å². The number of carbonyl (C=O) groups excluding carboxylic acids is 1. The first-order valence-electron chi connectivity index (χ1n) is 11.3. The molecule has 2 heterocycles. The maximum atomic E-state index is 13.9. The minimum absolute atomic E-state index is 0.264. The Labute approximate surface area is 209 Å². The summed E-state index contributed by atoms with van der Waals surface area (Å²) in [5.41, 5.74) is 5.78. The van der Waals surface area contributed by atoms with Gasteiger partial charge in [-0.3, -0.25) is 0 Å². The summed E-state index contributed by atoms with van der Waals surface area (Å²) in [5.74, 6) is 0.936. The molecule has 1 aliphatic rings. The number of para-hydroxylation sites is 1. The van der Waals surface area contributed by atoms with Gasteiger partial charge in [0.2, 0.25) is 0 Å². The third kappa shape index (κ3) is 4.21. The average molecular weight is 488 g/mol. The second kappa shape index (κ2) is 9.39. The first-order chi connectivity index (χ1) is 17.0. The number of urea groups is 1. The fourth-order valence-electron chi connectivity index (χ4n) is 4.58. The Hall–Kier alpha value is -3.90. The highest BCUT2D eigenvalue weighted by molar-refractivity contribution is 6.32. The van der Waals surface area contributed by atoms with Crippen LogP contribution in [-0.2, 0) is 6.54 Å². The van der Waals surface area contributed by atoms with Gasteiger partial charge in [-0.25, -0.2) is 4.79 Å². The van der Waals surface area contributed by atoms with Crippen molar-refractivity contribution in [2.45, 2.75) is 19.5 Å². The molecular weight excluding hydrogens is 462 g/mol. The van der Waals surface area contributed by atoms with Crippen molar-refractivity contribution in [1.29, 1.82) is 0 Å². The van der Waals surface area contributed by atoms with E-state index in [0.29, 0.717) is 28.8 Å². The lowest BCUT2D eigenvalue weighted by atomic mass is 10.0. The van der Waals surface area contributed by atoms with Crippen LogP contribution >= 0.6 is 11.6 Å². The number of hydrogen-bond acceptors (Lipinski definition) is 3. The van der Waals surface area contributed by atoms with E-state index in [2.05, 4.69) is 59.3 Å². The van der Waals surface area contributed by atoms with Gasteiger partial charge in [0, 0.05) is 18.0 Å². The molecular formula is C28H26ClN3O3. The molecule has 3 aromatic carbocycles. The molecule has 7 heteroatoms. The number of carbonyl (C=O) groups is 1. The van der Waals surface area contributed by atoms with Crippen molar-refractivity contribution in [1.82, 2.24) is 9.47 Å². The third-order valence-corrected chi connectivity index (χ3v) is 6.63. The van der Waals surface area contributed by atoms with E-state index >= 15 is 0 Å². The zero-order valence-electron chi connectivity index (χ0n) is 19.8. The Morgan fingerprint density at radius 1 is 0.971 bits per heavy atom.